The number of phenols is 1. The molecule has 1 heterocycles. The molecule has 0 bridgehead atoms. The van der Waals surface area contributed by atoms with E-state index in [9.17, 15) is 9.90 Å². The Kier molecular flexibility index (Phi) is 4.45. The molecule has 0 aliphatic heterocycles. The van der Waals surface area contributed by atoms with Crippen molar-refractivity contribution in [2.75, 3.05) is 14.2 Å². The first-order valence-electron chi connectivity index (χ1n) is 5.97. The van der Waals surface area contributed by atoms with Crippen molar-refractivity contribution in [3.05, 3.63) is 41.9 Å². The van der Waals surface area contributed by atoms with E-state index in [0.29, 0.717) is 5.56 Å². The Morgan fingerprint density at radius 1 is 1.33 bits per heavy atom. The summed E-state index contributed by atoms with van der Waals surface area (Å²) in [7, 11) is 2.85. The average molecular weight is 290 g/mol. The summed E-state index contributed by atoms with van der Waals surface area (Å²) in [6, 6.07) is 6.24. The van der Waals surface area contributed by atoms with Gasteiger partial charge in [-0.25, -0.2) is 5.43 Å². The van der Waals surface area contributed by atoms with Gasteiger partial charge in [-0.3, -0.25) is 4.79 Å². The van der Waals surface area contributed by atoms with Crippen LogP contribution >= 0.6 is 0 Å². The van der Waals surface area contributed by atoms with Crippen LogP contribution in [0.15, 0.2) is 40.0 Å². The summed E-state index contributed by atoms with van der Waals surface area (Å²) in [5, 5.41) is 13.6. The second kappa shape index (κ2) is 6.47. The van der Waals surface area contributed by atoms with Gasteiger partial charge in [0.25, 0.3) is 0 Å². The van der Waals surface area contributed by atoms with E-state index in [0.717, 1.165) is 0 Å². The third-order valence-corrected chi connectivity index (χ3v) is 2.63. The smallest absolute Gasteiger partial charge is 0.307 e. The lowest BCUT2D eigenvalue weighted by Crippen LogP contribution is -2.16. The van der Waals surface area contributed by atoms with Crippen LogP contribution in [-0.4, -0.2) is 31.4 Å². The molecule has 110 valence electrons. The minimum Gasteiger partial charge on any atom is -0.502 e. The number of nitrogens with one attached hydrogen (secondary N) is 1. The molecular weight excluding hydrogens is 276 g/mol. The van der Waals surface area contributed by atoms with Crippen molar-refractivity contribution in [2.45, 2.75) is 0 Å². The second-order valence-corrected chi connectivity index (χ2v) is 3.95. The number of carbonyl (C=O) groups excluding carboxylic acids is 1. The summed E-state index contributed by atoms with van der Waals surface area (Å²) in [5.41, 5.74) is 2.90. The molecule has 0 unspecified atom stereocenters. The van der Waals surface area contributed by atoms with Gasteiger partial charge in [0, 0.05) is 5.56 Å². The minimum atomic E-state index is -0.464. The standard InChI is InChI=1S/C14H14N2O5/c1-19-11-6-9(7-12(20-2)13(11)17)8-15-16-14(18)10-4-3-5-21-10/h3-8,17H,1-2H3,(H,16,18). The zero-order valence-corrected chi connectivity index (χ0v) is 11.5. The normalized spacial score (nSPS) is 10.6. The van der Waals surface area contributed by atoms with Gasteiger partial charge in [-0.05, 0) is 24.3 Å². The fraction of sp³-hybridized carbons (Fsp3) is 0.143. The van der Waals surface area contributed by atoms with Crippen molar-refractivity contribution in [1.82, 2.24) is 5.43 Å². The summed E-state index contributed by atoms with van der Waals surface area (Å²) in [6.45, 7) is 0. The summed E-state index contributed by atoms with van der Waals surface area (Å²) in [4.78, 5) is 11.6. The molecule has 1 aromatic heterocycles. The Bertz CT molecular complexity index is 624. The summed E-state index contributed by atoms with van der Waals surface area (Å²) >= 11 is 0. The van der Waals surface area contributed by atoms with Gasteiger partial charge in [0.15, 0.2) is 17.3 Å². The number of benzene rings is 1. The van der Waals surface area contributed by atoms with Gasteiger partial charge in [0.05, 0.1) is 26.7 Å². The van der Waals surface area contributed by atoms with Crippen molar-refractivity contribution >= 4 is 12.1 Å². The monoisotopic (exact) mass is 290 g/mol. The molecule has 1 aromatic carbocycles. The molecule has 0 saturated heterocycles. The van der Waals surface area contributed by atoms with E-state index in [-0.39, 0.29) is 23.0 Å². The van der Waals surface area contributed by atoms with Crippen LogP contribution in [0.3, 0.4) is 0 Å². The highest BCUT2D eigenvalue weighted by atomic mass is 16.5. The van der Waals surface area contributed by atoms with E-state index < -0.39 is 5.91 Å². The van der Waals surface area contributed by atoms with E-state index in [1.165, 1.54) is 32.8 Å². The zero-order chi connectivity index (χ0) is 15.2. The van der Waals surface area contributed by atoms with Crippen molar-refractivity contribution in [3.63, 3.8) is 0 Å². The van der Waals surface area contributed by atoms with Crippen molar-refractivity contribution in [2.24, 2.45) is 5.10 Å². The molecule has 2 rings (SSSR count). The number of hydrogen-bond acceptors (Lipinski definition) is 6. The van der Waals surface area contributed by atoms with Crippen LogP contribution in [0, 0.1) is 0 Å². The molecule has 21 heavy (non-hydrogen) atoms. The molecule has 0 atom stereocenters. The van der Waals surface area contributed by atoms with E-state index in [1.54, 1.807) is 18.2 Å². The predicted octanol–water partition coefficient (Wildman–Crippen LogP) is 1.77. The second-order valence-electron chi connectivity index (χ2n) is 3.95. The fourth-order valence-corrected chi connectivity index (χ4v) is 1.62. The maximum atomic E-state index is 11.6. The number of aromatic hydroxyl groups is 1. The quantitative estimate of drug-likeness (QED) is 0.646. The van der Waals surface area contributed by atoms with Crippen LogP contribution < -0.4 is 14.9 Å². The molecular formula is C14H14N2O5. The lowest BCUT2D eigenvalue weighted by atomic mass is 10.2. The number of nitrogens with zero attached hydrogens (tertiary/aromatic N) is 1. The first-order valence-corrected chi connectivity index (χ1v) is 5.97. The number of rotatable bonds is 5. The Hall–Kier alpha value is -2.96. The lowest BCUT2D eigenvalue weighted by Gasteiger charge is -2.09. The number of carbonyl (C=O) groups is 1. The number of amides is 1. The molecule has 0 radical (unpaired) electrons. The molecule has 0 spiro atoms. The number of phenolic OH excluding ortho intramolecular Hbond substituents is 1. The van der Waals surface area contributed by atoms with E-state index in [4.69, 9.17) is 13.9 Å². The van der Waals surface area contributed by atoms with E-state index >= 15 is 0 Å². The number of methoxy groups -OCH3 is 2. The first kappa shape index (κ1) is 14.4. The van der Waals surface area contributed by atoms with Gasteiger partial charge in [0.1, 0.15) is 0 Å². The lowest BCUT2D eigenvalue weighted by molar-refractivity contribution is 0.0927. The average Bonchev–Trinajstić information content (AvgIpc) is 3.02. The number of furan rings is 1. The topological polar surface area (TPSA) is 93.3 Å². The van der Waals surface area contributed by atoms with Crippen LogP contribution in [0.5, 0.6) is 17.2 Å². The van der Waals surface area contributed by atoms with E-state index in [2.05, 4.69) is 10.5 Å². The number of hydrazone groups is 1. The van der Waals surface area contributed by atoms with Gasteiger partial charge in [-0.15, -0.1) is 0 Å². The van der Waals surface area contributed by atoms with Crippen molar-refractivity contribution < 1.29 is 23.8 Å². The Balaban J connectivity index is 2.12. The summed E-state index contributed by atoms with van der Waals surface area (Å²) < 4.78 is 15.0. The number of ether oxygens (including phenoxy) is 2. The minimum absolute atomic E-state index is 0.100. The summed E-state index contributed by atoms with van der Waals surface area (Å²) in [5.74, 6) is 0.0834. The highest BCUT2D eigenvalue weighted by Crippen LogP contribution is 2.36. The van der Waals surface area contributed by atoms with Gasteiger partial charge < -0.3 is 19.0 Å². The maximum Gasteiger partial charge on any atom is 0.307 e. The van der Waals surface area contributed by atoms with Gasteiger partial charge in [-0.2, -0.15) is 5.10 Å². The van der Waals surface area contributed by atoms with Gasteiger partial charge in [-0.1, -0.05) is 0 Å². The summed E-state index contributed by atoms with van der Waals surface area (Å²) in [6.07, 6.45) is 2.79. The molecule has 7 nitrogen and oxygen atoms in total. The zero-order valence-electron chi connectivity index (χ0n) is 11.5. The fourth-order valence-electron chi connectivity index (χ4n) is 1.62. The maximum absolute atomic E-state index is 11.6. The van der Waals surface area contributed by atoms with E-state index in [1.807, 2.05) is 0 Å². The van der Waals surface area contributed by atoms with Crippen molar-refractivity contribution in [3.8, 4) is 17.2 Å². The molecule has 7 heteroatoms. The third-order valence-electron chi connectivity index (χ3n) is 2.63. The predicted molar refractivity (Wildman–Crippen MR) is 75.0 cm³/mol. The van der Waals surface area contributed by atoms with Crippen molar-refractivity contribution in [1.29, 1.82) is 0 Å². The highest BCUT2D eigenvalue weighted by molar-refractivity contribution is 5.92. The van der Waals surface area contributed by atoms with Crippen LogP contribution in [0.1, 0.15) is 16.1 Å². The Morgan fingerprint density at radius 2 is 2.00 bits per heavy atom. The molecule has 1 amide bonds. The van der Waals surface area contributed by atoms with Gasteiger partial charge >= 0.3 is 5.91 Å². The van der Waals surface area contributed by atoms with Crippen LogP contribution in [-0.2, 0) is 0 Å². The van der Waals surface area contributed by atoms with Gasteiger partial charge in [0.2, 0.25) is 5.75 Å². The van der Waals surface area contributed by atoms with Crippen LogP contribution in [0.25, 0.3) is 0 Å². The Labute approximate surface area is 120 Å². The molecule has 0 aliphatic carbocycles. The van der Waals surface area contributed by atoms with Crippen LogP contribution in [0.4, 0.5) is 0 Å². The SMILES string of the molecule is COc1cc(C=NNC(=O)c2ccco2)cc(OC)c1O. The Morgan fingerprint density at radius 3 is 2.52 bits per heavy atom. The highest BCUT2D eigenvalue weighted by Gasteiger charge is 2.10. The molecule has 2 N–H and O–H groups in total. The molecule has 0 saturated carbocycles. The molecule has 0 fully saturated rings. The molecule has 0 aliphatic rings. The largest absolute Gasteiger partial charge is 0.502 e. The first-order chi connectivity index (χ1) is 10.2. The molecule has 2 aromatic rings. The third kappa shape index (κ3) is 3.33. The van der Waals surface area contributed by atoms with Crippen LogP contribution in [0.2, 0.25) is 0 Å². The number of hydrogen-bond donors (Lipinski definition) is 2.